The van der Waals surface area contributed by atoms with Gasteiger partial charge in [-0.2, -0.15) is 0 Å². The average molecular weight is 175 g/mol. The van der Waals surface area contributed by atoms with E-state index in [1.165, 1.54) is 5.92 Å². The molecule has 0 fully saturated rings. The van der Waals surface area contributed by atoms with Crippen LogP contribution in [0.25, 0.3) is 0 Å². The molecule has 0 atom stereocenters. The monoisotopic (exact) mass is 175 g/mol. The summed E-state index contributed by atoms with van der Waals surface area (Å²) in [7, 11) is 0. The van der Waals surface area contributed by atoms with Crippen LogP contribution in [-0.4, -0.2) is 5.78 Å². The Morgan fingerprint density at radius 1 is 1.15 bits per heavy atom. The summed E-state index contributed by atoms with van der Waals surface area (Å²) in [6.45, 7) is 3.98. The molecule has 0 unspecified atom stereocenters. The molecule has 0 N–H and O–H groups in total. The Balaban J connectivity index is 2.46. The summed E-state index contributed by atoms with van der Waals surface area (Å²) in [5.74, 6) is 1.48. The van der Waals surface area contributed by atoms with Gasteiger partial charge in [0, 0.05) is 12.8 Å². The third-order valence-electron chi connectivity index (χ3n) is 1.79. The minimum absolute atomic E-state index is 0.297. The highest BCUT2D eigenvalue weighted by Crippen LogP contribution is 2.07. The van der Waals surface area contributed by atoms with Crippen LogP contribution in [0.15, 0.2) is 30.3 Å². The van der Waals surface area contributed by atoms with Crippen molar-refractivity contribution in [1.82, 2.24) is 0 Å². The van der Waals surface area contributed by atoms with Crippen LogP contribution in [0.3, 0.4) is 0 Å². The lowest BCUT2D eigenvalue weighted by atomic mass is 10.0. The molecule has 0 saturated heterocycles. The second-order valence-electron chi connectivity index (χ2n) is 3.58. The van der Waals surface area contributed by atoms with E-state index >= 15 is 0 Å². The van der Waals surface area contributed by atoms with Crippen LogP contribution >= 0.6 is 0 Å². The summed E-state index contributed by atoms with van der Waals surface area (Å²) in [6.07, 6.45) is 1.17. The largest absolute Gasteiger partial charge is 0.299 e. The maximum absolute atomic E-state index is 11.4. The summed E-state index contributed by atoms with van der Waals surface area (Å²) in [5, 5.41) is 0. The predicted molar refractivity (Wildman–Crippen MR) is 54.4 cm³/mol. The Labute approximate surface area is 79.8 Å². The van der Waals surface area contributed by atoms with Crippen molar-refractivity contribution in [3.8, 4) is 0 Å². The summed E-state index contributed by atoms with van der Waals surface area (Å²) in [4.78, 5) is 11.4. The van der Waals surface area contributed by atoms with E-state index in [-0.39, 0.29) is 0 Å². The first-order valence-corrected chi connectivity index (χ1v) is 4.53. The smallest absolute Gasteiger partial charge is 0.137 e. The van der Waals surface area contributed by atoms with Gasteiger partial charge in [0.1, 0.15) is 5.78 Å². The maximum atomic E-state index is 11.4. The fourth-order valence-electron chi connectivity index (χ4n) is 1.28. The highest BCUT2D eigenvalue weighted by Gasteiger charge is 2.05. The average Bonchev–Trinajstić information content (AvgIpc) is 2.04. The Morgan fingerprint density at radius 3 is 2.31 bits per heavy atom. The van der Waals surface area contributed by atoms with Crippen LogP contribution in [0.5, 0.6) is 0 Å². The lowest BCUT2D eigenvalue weighted by molar-refractivity contribution is -0.118. The number of Topliss-reactive ketones (excluding diaryl/α,β-unsaturated/α-hetero) is 1. The van der Waals surface area contributed by atoms with Gasteiger partial charge in [0.25, 0.3) is 0 Å². The minimum atomic E-state index is 0.297. The van der Waals surface area contributed by atoms with Gasteiger partial charge in [0.2, 0.25) is 0 Å². The lowest BCUT2D eigenvalue weighted by Crippen LogP contribution is -2.04. The van der Waals surface area contributed by atoms with E-state index in [0.29, 0.717) is 18.6 Å². The molecule has 13 heavy (non-hydrogen) atoms. The third kappa shape index (κ3) is 3.88. The minimum Gasteiger partial charge on any atom is -0.299 e. The van der Waals surface area contributed by atoms with E-state index in [1.807, 2.05) is 44.2 Å². The number of rotatable bonds is 4. The zero-order valence-electron chi connectivity index (χ0n) is 8.21. The van der Waals surface area contributed by atoms with Gasteiger partial charge in [-0.25, -0.2) is 0 Å². The number of carbonyl (C=O) groups excluding carboxylic acids is 1. The van der Waals surface area contributed by atoms with Crippen molar-refractivity contribution in [2.45, 2.75) is 26.7 Å². The van der Waals surface area contributed by atoms with Gasteiger partial charge in [-0.1, -0.05) is 44.2 Å². The first-order chi connectivity index (χ1) is 6.18. The highest BCUT2D eigenvalue weighted by atomic mass is 16.1. The Morgan fingerprint density at radius 2 is 1.77 bits per heavy atom. The number of hydrogen-bond donors (Lipinski definition) is 0. The van der Waals surface area contributed by atoms with Gasteiger partial charge in [-0.05, 0) is 11.5 Å². The van der Waals surface area contributed by atoms with Gasteiger partial charge in [-0.15, -0.1) is 0 Å². The predicted octanol–water partition coefficient (Wildman–Crippen LogP) is 2.80. The molecular weight excluding hydrogens is 160 g/mol. The summed E-state index contributed by atoms with van der Waals surface area (Å²) in [6, 6.07) is 9.87. The Hall–Kier alpha value is -1.11. The molecule has 0 aromatic heterocycles. The van der Waals surface area contributed by atoms with Crippen LogP contribution in [0.2, 0.25) is 0 Å². The van der Waals surface area contributed by atoms with E-state index < -0.39 is 0 Å². The van der Waals surface area contributed by atoms with Crippen LogP contribution in [-0.2, 0) is 11.2 Å². The van der Waals surface area contributed by atoms with Gasteiger partial charge in [-0.3, -0.25) is 4.79 Å². The van der Waals surface area contributed by atoms with Crippen LogP contribution < -0.4 is 0 Å². The van der Waals surface area contributed by atoms with Crippen molar-refractivity contribution in [3.63, 3.8) is 0 Å². The number of hydrogen-bond acceptors (Lipinski definition) is 1. The molecule has 0 amide bonds. The van der Waals surface area contributed by atoms with Gasteiger partial charge in [0.15, 0.2) is 0 Å². The quantitative estimate of drug-likeness (QED) is 0.687. The maximum Gasteiger partial charge on any atom is 0.137 e. The normalized spacial score (nSPS) is 10.4. The van der Waals surface area contributed by atoms with Crippen molar-refractivity contribution >= 4 is 5.78 Å². The summed E-state index contributed by atoms with van der Waals surface area (Å²) < 4.78 is 0. The molecule has 1 nitrogen and oxygen atoms in total. The van der Waals surface area contributed by atoms with E-state index in [2.05, 4.69) is 0 Å². The lowest BCUT2D eigenvalue weighted by Gasteiger charge is -2.02. The molecule has 1 aromatic rings. The Bertz CT molecular complexity index is 262. The van der Waals surface area contributed by atoms with Crippen molar-refractivity contribution in [2.75, 3.05) is 0 Å². The SMILES string of the molecule is C[C](C)CC(=O)Cc1ccccc1. The molecule has 0 aliphatic carbocycles. The van der Waals surface area contributed by atoms with E-state index in [1.54, 1.807) is 0 Å². The van der Waals surface area contributed by atoms with Crippen LogP contribution in [0.1, 0.15) is 25.8 Å². The van der Waals surface area contributed by atoms with Crippen molar-refractivity contribution in [1.29, 1.82) is 0 Å². The van der Waals surface area contributed by atoms with Crippen molar-refractivity contribution in [3.05, 3.63) is 41.8 Å². The molecule has 1 heteroatoms. The molecule has 0 saturated carbocycles. The van der Waals surface area contributed by atoms with Gasteiger partial charge >= 0.3 is 0 Å². The topological polar surface area (TPSA) is 17.1 Å². The second kappa shape index (κ2) is 4.80. The summed E-state index contributed by atoms with van der Waals surface area (Å²) in [5.41, 5.74) is 1.11. The van der Waals surface area contributed by atoms with Crippen LogP contribution in [0, 0.1) is 5.92 Å². The molecule has 0 spiro atoms. The molecular formula is C12H15O. The number of carbonyl (C=O) groups is 1. The van der Waals surface area contributed by atoms with Crippen LogP contribution in [0.4, 0.5) is 0 Å². The molecule has 0 aliphatic rings. The molecule has 0 heterocycles. The molecule has 1 radical (unpaired) electrons. The standard InChI is InChI=1S/C12H15O/c1-10(2)8-12(13)9-11-6-4-3-5-7-11/h3-7H,8-9H2,1-2H3. The zero-order valence-corrected chi connectivity index (χ0v) is 8.21. The van der Waals surface area contributed by atoms with Gasteiger partial charge in [0.05, 0.1) is 0 Å². The number of ketones is 1. The molecule has 1 rings (SSSR count). The Kier molecular flexibility index (Phi) is 3.69. The fourth-order valence-corrected chi connectivity index (χ4v) is 1.28. The number of benzene rings is 1. The zero-order chi connectivity index (χ0) is 9.68. The van der Waals surface area contributed by atoms with E-state index in [4.69, 9.17) is 0 Å². The highest BCUT2D eigenvalue weighted by molar-refractivity contribution is 5.82. The molecule has 69 valence electrons. The molecule has 0 bridgehead atoms. The third-order valence-corrected chi connectivity index (χ3v) is 1.79. The second-order valence-corrected chi connectivity index (χ2v) is 3.58. The fraction of sp³-hybridized carbons (Fsp3) is 0.333. The first kappa shape index (κ1) is 9.97. The van der Waals surface area contributed by atoms with Crippen molar-refractivity contribution in [2.24, 2.45) is 0 Å². The summed E-state index contributed by atoms with van der Waals surface area (Å²) >= 11 is 0. The first-order valence-electron chi connectivity index (χ1n) is 4.53. The molecule has 0 aliphatic heterocycles. The molecule has 1 aromatic carbocycles. The van der Waals surface area contributed by atoms with E-state index in [0.717, 1.165) is 5.56 Å². The van der Waals surface area contributed by atoms with E-state index in [9.17, 15) is 4.79 Å². The van der Waals surface area contributed by atoms with Gasteiger partial charge < -0.3 is 0 Å². The van der Waals surface area contributed by atoms with Crippen molar-refractivity contribution < 1.29 is 4.79 Å².